The minimum absolute atomic E-state index is 0.149. The van der Waals surface area contributed by atoms with Crippen LogP contribution < -0.4 is 15.8 Å². The zero-order chi connectivity index (χ0) is 16.4. The fourth-order valence-electron chi connectivity index (χ4n) is 2.49. The Hall–Kier alpha value is -2.70. The SMILES string of the molecule is CC(C)CNC(=O)c1nnc2n(c1=O)CCN2c1ccccc1. The Morgan fingerprint density at radius 3 is 2.65 bits per heavy atom. The van der Waals surface area contributed by atoms with Gasteiger partial charge in [-0.15, -0.1) is 10.2 Å². The molecule has 0 bridgehead atoms. The molecule has 7 heteroatoms. The first-order chi connectivity index (χ1) is 11.1. The molecule has 3 rings (SSSR count). The maximum Gasteiger partial charge on any atom is 0.286 e. The van der Waals surface area contributed by atoms with E-state index in [1.54, 1.807) is 0 Å². The number of carbonyl (C=O) groups excluding carboxylic acids is 1. The molecule has 0 atom stereocenters. The Morgan fingerprint density at radius 1 is 1.22 bits per heavy atom. The number of aromatic nitrogens is 3. The molecule has 0 fully saturated rings. The van der Waals surface area contributed by atoms with Crippen molar-refractivity contribution in [3.63, 3.8) is 0 Å². The van der Waals surface area contributed by atoms with Crippen molar-refractivity contribution in [1.82, 2.24) is 20.1 Å². The highest BCUT2D eigenvalue weighted by atomic mass is 16.2. The molecular weight excluding hydrogens is 294 g/mol. The molecule has 0 saturated carbocycles. The van der Waals surface area contributed by atoms with Crippen LogP contribution in [0.1, 0.15) is 24.3 Å². The Labute approximate surface area is 134 Å². The quantitative estimate of drug-likeness (QED) is 0.916. The minimum atomic E-state index is -0.468. The average Bonchev–Trinajstić information content (AvgIpc) is 2.98. The fourth-order valence-corrected chi connectivity index (χ4v) is 2.49. The van der Waals surface area contributed by atoms with Gasteiger partial charge in [0, 0.05) is 25.3 Å². The number of hydrogen-bond acceptors (Lipinski definition) is 5. The highest BCUT2D eigenvalue weighted by Crippen LogP contribution is 2.25. The second kappa shape index (κ2) is 6.20. The van der Waals surface area contributed by atoms with Crippen molar-refractivity contribution >= 4 is 17.5 Å². The summed E-state index contributed by atoms with van der Waals surface area (Å²) in [6.45, 7) is 5.59. The maximum absolute atomic E-state index is 12.5. The van der Waals surface area contributed by atoms with Gasteiger partial charge < -0.3 is 10.2 Å². The van der Waals surface area contributed by atoms with Gasteiger partial charge in [-0.05, 0) is 18.1 Å². The van der Waals surface area contributed by atoms with E-state index in [0.29, 0.717) is 31.5 Å². The fraction of sp³-hybridized carbons (Fsp3) is 0.375. The Bertz CT molecular complexity index is 770. The summed E-state index contributed by atoms with van der Waals surface area (Å²) in [4.78, 5) is 26.5. The zero-order valence-corrected chi connectivity index (χ0v) is 13.2. The summed E-state index contributed by atoms with van der Waals surface area (Å²) in [7, 11) is 0. The molecule has 1 aliphatic heterocycles. The third-order valence-corrected chi connectivity index (χ3v) is 3.67. The van der Waals surface area contributed by atoms with Gasteiger partial charge in [0.05, 0.1) is 0 Å². The molecular formula is C16H19N5O2. The van der Waals surface area contributed by atoms with Crippen LogP contribution in [0.5, 0.6) is 0 Å². The van der Waals surface area contributed by atoms with Gasteiger partial charge >= 0.3 is 0 Å². The van der Waals surface area contributed by atoms with Gasteiger partial charge in [-0.3, -0.25) is 14.2 Å². The molecule has 2 aromatic rings. The summed E-state index contributed by atoms with van der Waals surface area (Å²) >= 11 is 0. The predicted molar refractivity (Wildman–Crippen MR) is 86.9 cm³/mol. The van der Waals surface area contributed by atoms with Crippen LogP contribution in [0.2, 0.25) is 0 Å². The standard InChI is InChI=1S/C16H19N5O2/c1-11(2)10-17-14(22)13-15(23)21-9-8-20(16(21)19-18-13)12-6-4-3-5-7-12/h3-7,11H,8-10H2,1-2H3,(H,17,22). The number of benzene rings is 1. The highest BCUT2D eigenvalue weighted by molar-refractivity contribution is 5.91. The van der Waals surface area contributed by atoms with Crippen LogP contribution in [0.3, 0.4) is 0 Å². The molecule has 1 N–H and O–H groups in total. The van der Waals surface area contributed by atoms with Gasteiger partial charge in [0.15, 0.2) is 0 Å². The summed E-state index contributed by atoms with van der Waals surface area (Å²) in [5.74, 6) is 0.309. The van der Waals surface area contributed by atoms with Crippen molar-refractivity contribution in [2.75, 3.05) is 18.0 Å². The summed E-state index contributed by atoms with van der Waals surface area (Å²) in [5.41, 5.74) is 0.406. The first-order valence-electron chi connectivity index (χ1n) is 7.66. The van der Waals surface area contributed by atoms with Crippen molar-refractivity contribution in [1.29, 1.82) is 0 Å². The summed E-state index contributed by atoms with van der Waals surface area (Å²) < 4.78 is 1.50. The smallest absolute Gasteiger partial charge is 0.286 e. The van der Waals surface area contributed by atoms with Crippen molar-refractivity contribution in [3.05, 3.63) is 46.4 Å². The molecule has 1 aliphatic rings. The molecule has 120 valence electrons. The van der Waals surface area contributed by atoms with E-state index in [2.05, 4.69) is 15.5 Å². The van der Waals surface area contributed by atoms with Crippen molar-refractivity contribution in [3.8, 4) is 0 Å². The molecule has 7 nitrogen and oxygen atoms in total. The number of amides is 1. The Balaban J connectivity index is 1.90. The molecule has 1 amide bonds. The Morgan fingerprint density at radius 2 is 1.96 bits per heavy atom. The van der Waals surface area contributed by atoms with E-state index < -0.39 is 11.5 Å². The van der Waals surface area contributed by atoms with E-state index in [4.69, 9.17) is 0 Å². The zero-order valence-electron chi connectivity index (χ0n) is 13.2. The topological polar surface area (TPSA) is 80.1 Å². The minimum Gasteiger partial charge on any atom is -0.350 e. The lowest BCUT2D eigenvalue weighted by Crippen LogP contribution is -2.36. The summed E-state index contributed by atoms with van der Waals surface area (Å²) in [5, 5.41) is 10.7. The normalized spacial score (nSPS) is 13.3. The van der Waals surface area contributed by atoms with Gasteiger partial charge in [0.2, 0.25) is 11.6 Å². The largest absolute Gasteiger partial charge is 0.350 e. The molecule has 0 radical (unpaired) electrons. The summed E-state index contributed by atoms with van der Waals surface area (Å²) in [6, 6.07) is 9.69. The first-order valence-corrected chi connectivity index (χ1v) is 7.66. The number of rotatable bonds is 4. The van der Waals surface area contributed by atoms with Gasteiger partial charge in [-0.25, -0.2) is 0 Å². The molecule has 2 heterocycles. The number of fused-ring (bicyclic) bond motifs is 1. The molecule has 1 aromatic carbocycles. The number of hydrogen-bond donors (Lipinski definition) is 1. The van der Waals surface area contributed by atoms with Gasteiger partial charge in [0.1, 0.15) is 0 Å². The van der Waals surface area contributed by atoms with Gasteiger partial charge in [-0.2, -0.15) is 0 Å². The number of anilines is 2. The number of para-hydroxylation sites is 1. The highest BCUT2D eigenvalue weighted by Gasteiger charge is 2.27. The predicted octanol–water partition coefficient (Wildman–Crippen LogP) is 1.18. The molecule has 0 aliphatic carbocycles. The number of carbonyl (C=O) groups is 1. The maximum atomic E-state index is 12.5. The third kappa shape index (κ3) is 2.94. The van der Waals surface area contributed by atoms with Crippen LogP contribution in [-0.2, 0) is 6.54 Å². The van der Waals surface area contributed by atoms with Crippen LogP contribution in [0.4, 0.5) is 11.6 Å². The molecule has 0 spiro atoms. The molecule has 0 saturated heterocycles. The lowest BCUT2D eigenvalue weighted by Gasteiger charge is -2.16. The number of nitrogens with one attached hydrogen (secondary N) is 1. The van der Waals surface area contributed by atoms with E-state index >= 15 is 0 Å². The van der Waals surface area contributed by atoms with Crippen LogP contribution in [0.15, 0.2) is 35.1 Å². The van der Waals surface area contributed by atoms with E-state index in [9.17, 15) is 9.59 Å². The van der Waals surface area contributed by atoms with E-state index in [0.717, 1.165) is 5.69 Å². The van der Waals surface area contributed by atoms with Crippen LogP contribution in [0, 0.1) is 5.92 Å². The van der Waals surface area contributed by atoms with Gasteiger partial charge in [0.25, 0.3) is 11.5 Å². The monoisotopic (exact) mass is 313 g/mol. The summed E-state index contributed by atoms with van der Waals surface area (Å²) in [6.07, 6.45) is 0. The number of nitrogens with zero attached hydrogens (tertiary/aromatic N) is 4. The molecule has 1 aromatic heterocycles. The van der Waals surface area contributed by atoms with Crippen molar-refractivity contribution in [2.45, 2.75) is 20.4 Å². The average molecular weight is 313 g/mol. The van der Waals surface area contributed by atoms with E-state index in [1.165, 1.54) is 4.57 Å². The molecule has 23 heavy (non-hydrogen) atoms. The van der Waals surface area contributed by atoms with Crippen molar-refractivity contribution < 1.29 is 4.79 Å². The van der Waals surface area contributed by atoms with Crippen LogP contribution >= 0.6 is 0 Å². The third-order valence-electron chi connectivity index (χ3n) is 3.67. The second-order valence-electron chi connectivity index (χ2n) is 5.90. The first kappa shape index (κ1) is 15.2. The van der Waals surface area contributed by atoms with Crippen LogP contribution in [-0.4, -0.2) is 33.8 Å². The van der Waals surface area contributed by atoms with Crippen LogP contribution in [0.25, 0.3) is 0 Å². The van der Waals surface area contributed by atoms with Gasteiger partial charge in [-0.1, -0.05) is 32.0 Å². The molecule has 0 unspecified atom stereocenters. The van der Waals surface area contributed by atoms with E-state index in [1.807, 2.05) is 49.1 Å². The van der Waals surface area contributed by atoms with E-state index in [-0.39, 0.29) is 5.69 Å². The lowest BCUT2D eigenvalue weighted by atomic mass is 10.2. The Kier molecular flexibility index (Phi) is 4.10. The van der Waals surface area contributed by atoms with Crippen molar-refractivity contribution in [2.24, 2.45) is 5.92 Å². The lowest BCUT2D eigenvalue weighted by molar-refractivity contribution is 0.0940. The second-order valence-corrected chi connectivity index (χ2v) is 5.90.